The number of hydrogen-bond acceptors (Lipinski definition) is 5. The fourth-order valence-corrected chi connectivity index (χ4v) is 4.78. The summed E-state index contributed by atoms with van der Waals surface area (Å²) in [6, 6.07) is 16.7. The molecule has 0 unspecified atom stereocenters. The number of halogens is 3. The molecule has 0 fully saturated rings. The number of aromatic nitrogens is 2. The summed E-state index contributed by atoms with van der Waals surface area (Å²) in [4.78, 5) is 8.82. The van der Waals surface area contributed by atoms with Crippen LogP contribution in [0, 0.1) is 6.92 Å². The highest BCUT2D eigenvalue weighted by Crippen LogP contribution is 2.31. The van der Waals surface area contributed by atoms with E-state index < -0.39 is 10.0 Å². The van der Waals surface area contributed by atoms with Gasteiger partial charge in [-0.15, -0.1) is 0 Å². The maximum absolute atomic E-state index is 13.0. The van der Waals surface area contributed by atoms with Crippen LogP contribution in [0.5, 0.6) is 0 Å². The zero-order valence-electron chi connectivity index (χ0n) is 16.0. The maximum atomic E-state index is 13.0. The van der Waals surface area contributed by atoms with Gasteiger partial charge in [-0.1, -0.05) is 53.0 Å². The predicted molar refractivity (Wildman–Crippen MR) is 126 cm³/mol. The molecule has 158 valence electrons. The van der Waals surface area contributed by atoms with E-state index in [1.54, 1.807) is 24.3 Å². The third kappa shape index (κ3) is 4.70. The highest BCUT2D eigenvalue weighted by molar-refractivity contribution is 7.92. The Morgan fingerprint density at radius 1 is 0.806 bits per heavy atom. The second-order valence-electron chi connectivity index (χ2n) is 6.68. The van der Waals surface area contributed by atoms with E-state index in [4.69, 9.17) is 34.8 Å². The van der Waals surface area contributed by atoms with Crippen LogP contribution in [-0.2, 0) is 10.0 Å². The molecule has 0 aliphatic heterocycles. The van der Waals surface area contributed by atoms with Gasteiger partial charge in [0.25, 0.3) is 10.0 Å². The molecule has 0 bridgehead atoms. The van der Waals surface area contributed by atoms with Crippen LogP contribution in [0.1, 0.15) is 5.56 Å². The number of hydrogen-bond donors (Lipinski definition) is 2. The SMILES string of the molecule is Cc1ccc(Nc2nc3ccccc3nc2NS(=O)(=O)c2cc(Cl)ccc2Cl)cc1Cl. The van der Waals surface area contributed by atoms with Gasteiger partial charge in [0.05, 0.1) is 16.1 Å². The van der Waals surface area contributed by atoms with Crippen molar-refractivity contribution in [2.75, 3.05) is 10.0 Å². The molecule has 0 radical (unpaired) electrons. The Kier molecular flexibility index (Phi) is 5.94. The van der Waals surface area contributed by atoms with Gasteiger partial charge in [-0.2, -0.15) is 0 Å². The molecule has 1 heterocycles. The first-order valence-electron chi connectivity index (χ1n) is 9.01. The largest absolute Gasteiger partial charge is 0.337 e. The van der Waals surface area contributed by atoms with Crippen molar-refractivity contribution >= 4 is 73.2 Å². The monoisotopic (exact) mass is 492 g/mol. The third-order valence-electron chi connectivity index (χ3n) is 4.42. The number of benzene rings is 3. The number of nitrogens with one attached hydrogen (secondary N) is 2. The van der Waals surface area contributed by atoms with E-state index in [-0.39, 0.29) is 26.6 Å². The van der Waals surface area contributed by atoms with Gasteiger partial charge in [0.2, 0.25) is 0 Å². The lowest BCUT2D eigenvalue weighted by Crippen LogP contribution is -2.16. The minimum absolute atomic E-state index is 0.00596. The molecule has 10 heteroatoms. The van der Waals surface area contributed by atoms with E-state index in [0.29, 0.717) is 21.7 Å². The molecule has 0 aliphatic rings. The van der Waals surface area contributed by atoms with Gasteiger partial charge in [0.15, 0.2) is 11.6 Å². The molecular formula is C21H15Cl3N4O2S. The zero-order chi connectivity index (χ0) is 22.2. The van der Waals surface area contributed by atoms with E-state index in [2.05, 4.69) is 20.0 Å². The summed E-state index contributed by atoms with van der Waals surface area (Å²) in [5.74, 6) is 0.215. The fraction of sp³-hybridized carbons (Fsp3) is 0.0476. The summed E-state index contributed by atoms with van der Waals surface area (Å²) in [5.41, 5.74) is 2.64. The van der Waals surface area contributed by atoms with E-state index in [0.717, 1.165) is 5.56 Å². The van der Waals surface area contributed by atoms with Crippen molar-refractivity contribution in [2.24, 2.45) is 0 Å². The van der Waals surface area contributed by atoms with Crippen molar-refractivity contribution in [1.82, 2.24) is 9.97 Å². The molecular weight excluding hydrogens is 479 g/mol. The molecule has 2 N–H and O–H groups in total. The quantitative estimate of drug-likeness (QED) is 0.334. The highest BCUT2D eigenvalue weighted by atomic mass is 35.5. The van der Waals surface area contributed by atoms with Gasteiger partial charge in [0.1, 0.15) is 4.90 Å². The molecule has 3 aromatic carbocycles. The highest BCUT2D eigenvalue weighted by Gasteiger charge is 2.22. The van der Waals surface area contributed by atoms with Crippen LogP contribution in [0.3, 0.4) is 0 Å². The fourth-order valence-electron chi connectivity index (χ4n) is 2.83. The van der Waals surface area contributed by atoms with Gasteiger partial charge < -0.3 is 5.32 Å². The van der Waals surface area contributed by atoms with E-state index >= 15 is 0 Å². The first-order valence-corrected chi connectivity index (χ1v) is 11.6. The molecule has 4 aromatic rings. The van der Waals surface area contributed by atoms with Crippen LogP contribution in [0.25, 0.3) is 11.0 Å². The van der Waals surface area contributed by atoms with Crippen LogP contribution in [0.2, 0.25) is 15.1 Å². The molecule has 0 amide bonds. The summed E-state index contributed by atoms with van der Waals surface area (Å²) in [7, 11) is -4.10. The van der Waals surface area contributed by atoms with Crippen molar-refractivity contribution in [2.45, 2.75) is 11.8 Å². The van der Waals surface area contributed by atoms with Gasteiger partial charge in [-0.25, -0.2) is 18.4 Å². The van der Waals surface area contributed by atoms with Crippen LogP contribution in [0.15, 0.2) is 65.6 Å². The third-order valence-corrected chi connectivity index (χ3v) is 6.88. The molecule has 0 atom stereocenters. The number of anilines is 3. The van der Waals surface area contributed by atoms with Crippen molar-refractivity contribution in [3.05, 3.63) is 81.3 Å². The molecule has 6 nitrogen and oxygen atoms in total. The number of nitrogens with zero attached hydrogens (tertiary/aromatic N) is 2. The minimum atomic E-state index is -4.10. The Bertz CT molecular complexity index is 1410. The molecule has 0 aliphatic carbocycles. The van der Waals surface area contributed by atoms with Gasteiger partial charge in [-0.3, -0.25) is 4.72 Å². The van der Waals surface area contributed by atoms with E-state index in [1.807, 2.05) is 25.1 Å². The Morgan fingerprint density at radius 2 is 1.48 bits per heavy atom. The minimum Gasteiger partial charge on any atom is -0.337 e. The summed E-state index contributed by atoms with van der Waals surface area (Å²) in [5, 5.41) is 3.92. The lowest BCUT2D eigenvalue weighted by molar-refractivity contribution is 0.601. The standard InChI is InChI=1S/C21H15Cl3N4O2S/c1-12-6-8-14(11-16(12)24)25-20-21(27-18-5-3-2-4-17(18)26-20)28-31(29,30)19-10-13(22)7-9-15(19)23/h2-11H,1H3,(H,25,26)(H,27,28). The normalized spacial score (nSPS) is 11.5. The molecule has 0 saturated carbocycles. The summed E-state index contributed by atoms with van der Waals surface area (Å²) in [6.07, 6.45) is 0. The average Bonchev–Trinajstić information content (AvgIpc) is 2.72. The smallest absolute Gasteiger partial charge is 0.264 e. The topological polar surface area (TPSA) is 84.0 Å². The first kappa shape index (κ1) is 21.6. The second-order valence-corrected chi connectivity index (χ2v) is 9.58. The first-order chi connectivity index (χ1) is 14.7. The molecule has 0 saturated heterocycles. The van der Waals surface area contributed by atoms with Gasteiger partial charge >= 0.3 is 0 Å². The maximum Gasteiger partial charge on any atom is 0.264 e. The Labute approximate surface area is 194 Å². The van der Waals surface area contributed by atoms with Crippen molar-refractivity contribution in [1.29, 1.82) is 0 Å². The number of fused-ring (bicyclic) bond motifs is 1. The van der Waals surface area contributed by atoms with E-state index in [1.165, 1.54) is 18.2 Å². The Hall–Kier alpha value is -2.58. The van der Waals surface area contributed by atoms with Crippen molar-refractivity contribution in [3.63, 3.8) is 0 Å². The van der Waals surface area contributed by atoms with Crippen LogP contribution >= 0.6 is 34.8 Å². The molecule has 4 rings (SSSR count). The average molecular weight is 494 g/mol. The second kappa shape index (κ2) is 8.51. The summed E-state index contributed by atoms with van der Waals surface area (Å²) in [6.45, 7) is 1.89. The Morgan fingerprint density at radius 3 is 2.16 bits per heavy atom. The molecule has 31 heavy (non-hydrogen) atoms. The van der Waals surface area contributed by atoms with Gasteiger partial charge in [0, 0.05) is 15.7 Å². The molecule has 0 spiro atoms. The van der Waals surface area contributed by atoms with E-state index in [9.17, 15) is 8.42 Å². The summed E-state index contributed by atoms with van der Waals surface area (Å²) < 4.78 is 28.6. The van der Waals surface area contributed by atoms with Crippen LogP contribution in [-0.4, -0.2) is 18.4 Å². The number of para-hydroxylation sites is 2. The van der Waals surface area contributed by atoms with Crippen molar-refractivity contribution < 1.29 is 8.42 Å². The lowest BCUT2D eigenvalue weighted by atomic mass is 10.2. The number of sulfonamides is 1. The predicted octanol–water partition coefficient (Wildman–Crippen LogP) is 6.44. The van der Waals surface area contributed by atoms with Crippen molar-refractivity contribution in [3.8, 4) is 0 Å². The van der Waals surface area contributed by atoms with Gasteiger partial charge in [-0.05, 0) is 55.0 Å². The van der Waals surface area contributed by atoms with Crippen LogP contribution < -0.4 is 10.0 Å². The molecule has 1 aromatic heterocycles. The van der Waals surface area contributed by atoms with Crippen LogP contribution in [0.4, 0.5) is 17.3 Å². The summed E-state index contributed by atoms with van der Waals surface area (Å²) >= 11 is 18.3. The Balaban J connectivity index is 1.81. The number of rotatable bonds is 5. The zero-order valence-corrected chi connectivity index (χ0v) is 19.1. The number of aryl methyl sites for hydroxylation is 1. The lowest BCUT2D eigenvalue weighted by Gasteiger charge is -2.15.